The van der Waals surface area contributed by atoms with Crippen molar-refractivity contribution >= 4 is 27.3 Å². The molecule has 6 heteroatoms. The van der Waals surface area contributed by atoms with Gasteiger partial charge in [0.1, 0.15) is 10.6 Å². The minimum atomic E-state index is -0.301. The molecule has 0 aliphatic carbocycles. The Morgan fingerprint density at radius 2 is 1.91 bits per heavy atom. The van der Waals surface area contributed by atoms with Crippen molar-refractivity contribution in [1.82, 2.24) is 5.48 Å². The van der Waals surface area contributed by atoms with E-state index in [9.17, 15) is 4.79 Å². The summed E-state index contributed by atoms with van der Waals surface area (Å²) in [5.41, 5.74) is 2.46. The van der Waals surface area contributed by atoms with Crippen LogP contribution in [-0.2, 0) is 4.84 Å². The molecule has 2 aromatic rings. The highest BCUT2D eigenvalue weighted by Gasteiger charge is 2.21. The van der Waals surface area contributed by atoms with Crippen molar-refractivity contribution in [2.75, 3.05) is 7.11 Å². The third-order valence-corrected chi connectivity index (χ3v) is 3.95. The summed E-state index contributed by atoms with van der Waals surface area (Å²) >= 11 is 1.37. The Bertz CT molecular complexity index is 663. The number of rotatable bonds is 6. The molecule has 0 spiro atoms. The van der Waals surface area contributed by atoms with Crippen LogP contribution in [0.25, 0.3) is 10.1 Å². The molecule has 0 aliphatic rings. The van der Waals surface area contributed by atoms with Gasteiger partial charge in [-0.05, 0) is 45.9 Å². The summed E-state index contributed by atoms with van der Waals surface area (Å²) in [5.74, 6) is 0.993. The molecule has 5 nitrogen and oxygen atoms in total. The average molecular weight is 323 g/mol. The van der Waals surface area contributed by atoms with Gasteiger partial charge in [-0.1, -0.05) is 0 Å². The smallest absolute Gasteiger partial charge is 0.288 e. The first-order valence-electron chi connectivity index (χ1n) is 7.15. The number of hydrogen-bond donors (Lipinski definition) is 1. The van der Waals surface area contributed by atoms with Crippen molar-refractivity contribution in [3.63, 3.8) is 0 Å². The van der Waals surface area contributed by atoms with Crippen LogP contribution in [0.4, 0.5) is 0 Å². The van der Waals surface area contributed by atoms with E-state index in [2.05, 4.69) is 5.48 Å². The Labute approximate surface area is 134 Å². The first kappa shape index (κ1) is 16.6. The summed E-state index contributed by atoms with van der Waals surface area (Å²) < 4.78 is 12.1. The lowest BCUT2D eigenvalue weighted by molar-refractivity contribution is 0.000253. The van der Waals surface area contributed by atoms with Gasteiger partial charge in [0.25, 0.3) is 5.91 Å². The fourth-order valence-corrected chi connectivity index (χ4v) is 2.90. The van der Waals surface area contributed by atoms with Crippen LogP contribution in [0.3, 0.4) is 0 Å². The third kappa shape index (κ3) is 3.69. The highest BCUT2D eigenvalue weighted by atomic mass is 32.1. The van der Waals surface area contributed by atoms with Gasteiger partial charge in [-0.2, -0.15) is 0 Å². The molecule has 1 aromatic carbocycles. The van der Waals surface area contributed by atoms with Crippen LogP contribution in [0.15, 0.2) is 18.2 Å². The number of amides is 1. The zero-order chi connectivity index (χ0) is 16.3. The van der Waals surface area contributed by atoms with Crippen LogP contribution in [0, 0.1) is 0 Å². The summed E-state index contributed by atoms with van der Waals surface area (Å²) in [5, 5.41) is 0.868. The maximum Gasteiger partial charge on any atom is 0.288 e. The molecule has 1 heterocycles. The number of hydroxylamine groups is 1. The van der Waals surface area contributed by atoms with Crippen molar-refractivity contribution < 1.29 is 19.1 Å². The Morgan fingerprint density at radius 3 is 2.50 bits per heavy atom. The molecular weight excluding hydrogens is 302 g/mol. The fraction of sp³-hybridized carbons (Fsp3) is 0.438. The van der Waals surface area contributed by atoms with E-state index >= 15 is 0 Å². The SMILES string of the molecule is COc1ccc2sc(C(=O)NOC(C)C)c(OC(C)C)c2c1. The largest absolute Gasteiger partial charge is 0.497 e. The maximum atomic E-state index is 12.3. The van der Waals surface area contributed by atoms with Gasteiger partial charge in [-0.3, -0.25) is 9.63 Å². The topological polar surface area (TPSA) is 56.8 Å². The van der Waals surface area contributed by atoms with Gasteiger partial charge in [0.2, 0.25) is 0 Å². The van der Waals surface area contributed by atoms with Gasteiger partial charge < -0.3 is 9.47 Å². The predicted molar refractivity (Wildman–Crippen MR) is 87.8 cm³/mol. The zero-order valence-electron chi connectivity index (χ0n) is 13.4. The van der Waals surface area contributed by atoms with Crippen LogP contribution in [0.5, 0.6) is 11.5 Å². The number of methoxy groups -OCH3 is 1. The van der Waals surface area contributed by atoms with Gasteiger partial charge in [-0.25, -0.2) is 5.48 Å². The summed E-state index contributed by atoms with van der Waals surface area (Å²) in [6.07, 6.45) is -0.130. The number of carbonyl (C=O) groups is 1. The van der Waals surface area contributed by atoms with Gasteiger partial charge in [0.05, 0.1) is 19.3 Å². The highest BCUT2D eigenvalue weighted by molar-refractivity contribution is 7.21. The highest BCUT2D eigenvalue weighted by Crippen LogP contribution is 2.40. The molecule has 0 aliphatic heterocycles. The normalized spacial score (nSPS) is 11.2. The molecule has 0 saturated carbocycles. The van der Waals surface area contributed by atoms with Crippen molar-refractivity contribution in [1.29, 1.82) is 0 Å². The molecule has 1 amide bonds. The van der Waals surface area contributed by atoms with E-state index in [1.165, 1.54) is 11.3 Å². The second-order valence-electron chi connectivity index (χ2n) is 5.39. The molecule has 0 atom stereocenters. The second-order valence-corrected chi connectivity index (χ2v) is 6.44. The standard InChI is InChI=1S/C16H21NO4S/c1-9(2)20-14-12-8-11(19-5)6-7-13(12)22-15(14)16(18)17-21-10(3)4/h6-10H,1-5H3,(H,17,18). The molecular formula is C16H21NO4S. The first-order chi connectivity index (χ1) is 10.4. The maximum absolute atomic E-state index is 12.3. The predicted octanol–water partition coefficient (Wildman–Crippen LogP) is 3.77. The zero-order valence-corrected chi connectivity index (χ0v) is 14.2. The number of thiophene rings is 1. The molecule has 0 bridgehead atoms. The Kier molecular flexibility index (Phi) is 5.26. The fourth-order valence-electron chi connectivity index (χ4n) is 1.90. The summed E-state index contributed by atoms with van der Waals surface area (Å²) in [6, 6.07) is 5.67. The van der Waals surface area contributed by atoms with Crippen molar-refractivity contribution in [3.05, 3.63) is 23.1 Å². The number of nitrogens with one attached hydrogen (secondary N) is 1. The van der Waals surface area contributed by atoms with E-state index in [4.69, 9.17) is 14.3 Å². The van der Waals surface area contributed by atoms with Crippen LogP contribution in [-0.4, -0.2) is 25.2 Å². The number of ether oxygens (including phenoxy) is 2. The van der Waals surface area contributed by atoms with E-state index in [-0.39, 0.29) is 18.1 Å². The number of hydrogen-bond acceptors (Lipinski definition) is 5. The van der Waals surface area contributed by atoms with Crippen LogP contribution in [0.2, 0.25) is 0 Å². The number of carbonyl (C=O) groups excluding carboxylic acids is 1. The van der Waals surface area contributed by atoms with E-state index in [1.54, 1.807) is 7.11 Å². The summed E-state index contributed by atoms with van der Waals surface area (Å²) in [6.45, 7) is 7.55. The van der Waals surface area contributed by atoms with E-state index in [0.717, 1.165) is 15.8 Å². The lowest BCUT2D eigenvalue weighted by atomic mass is 10.2. The lowest BCUT2D eigenvalue weighted by Gasteiger charge is -2.12. The monoisotopic (exact) mass is 323 g/mol. The molecule has 22 heavy (non-hydrogen) atoms. The Balaban J connectivity index is 2.45. The minimum absolute atomic E-state index is 0.0402. The van der Waals surface area contributed by atoms with Gasteiger partial charge in [-0.15, -0.1) is 11.3 Å². The molecule has 120 valence electrons. The third-order valence-electron chi connectivity index (χ3n) is 2.80. The lowest BCUT2D eigenvalue weighted by Crippen LogP contribution is -2.26. The van der Waals surface area contributed by atoms with Crippen molar-refractivity contribution in [2.24, 2.45) is 0 Å². The molecule has 2 rings (SSSR count). The average Bonchev–Trinajstić information content (AvgIpc) is 2.82. The number of fused-ring (bicyclic) bond motifs is 1. The quantitative estimate of drug-likeness (QED) is 0.822. The molecule has 0 radical (unpaired) electrons. The van der Waals surface area contributed by atoms with E-state index in [1.807, 2.05) is 45.9 Å². The molecule has 0 unspecified atom stereocenters. The van der Waals surface area contributed by atoms with E-state index in [0.29, 0.717) is 10.6 Å². The van der Waals surface area contributed by atoms with Gasteiger partial charge >= 0.3 is 0 Å². The minimum Gasteiger partial charge on any atom is -0.497 e. The van der Waals surface area contributed by atoms with Crippen LogP contribution < -0.4 is 15.0 Å². The Hall–Kier alpha value is -1.79. The molecule has 0 saturated heterocycles. The Morgan fingerprint density at radius 1 is 1.18 bits per heavy atom. The molecule has 0 fully saturated rings. The summed E-state index contributed by atoms with van der Waals surface area (Å²) in [4.78, 5) is 18.0. The van der Waals surface area contributed by atoms with Crippen LogP contribution in [0.1, 0.15) is 37.4 Å². The second kappa shape index (κ2) is 6.98. The molecule has 1 aromatic heterocycles. The van der Waals surface area contributed by atoms with Gasteiger partial charge in [0, 0.05) is 10.1 Å². The van der Waals surface area contributed by atoms with Crippen LogP contribution >= 0.6 is 11.3 Å². The van der Waals surface area contributed by atoms with E-state index < -0.39 is 0 Å². The van der Waals surface area contributed by atoms with Crippen molar-refractivity contribution in [3.8, 4) is 11.5 Å². The number of benzene rings is 1. The van der Waals surface area contributed by atoms with Gasteiger partial charge in [0.15, 0.2) is 5.75 Å². The van der Waals surface area contributed by atoms with Crippen molar-refractivity contribution in [2.45, 2.75) is 39.9 Å². The molecule has 1 N–H and O–H groups in total. The first-order valence-corrected chi connectivity index (χ1v) is 7.97. The summed E-state index contributed by atoms with van der Waals surface area (Å²) in [7, 11) is 1.61.